The van der Waals surface area contributed by atoms with Gasteiger partial charge in [0.1, 0.15) is 0 Å². The second-order valence-electron chi connectivity index (χ2n) is 2.67. The molecule has 0 saturated carbocycles. The van der Waals surface area contributed by atoms with Crippen molar-refractivity contribution in [2.24, 2.45) is 5.92 Å². The third-order valence-electron chi connectivity index (χ3n) is 1.50. The lowest BCUT2D eigenvalue weighted by molar-refractivity contribution is 0.618. The van der Waals surface area contributed by atoms with Crippen LogP contribution in [0.5, 0.6) is 0 Å². The minimum Gasteiger partial charge on any atom is -0.315 e. The molecule has 0 aromatic rings. The summed E-state index contributed by atoms with van der Waals surface area (Å²) in [6, 6.07) is 2.13. The van der Waals surface area contributed by atoms with Crippen molar-refractivity contribution in [1.82, 2.24) is 5.32 Å². The lowest BCUT2D eigenvalue weighted by Crippen LogP contribution is -2.25. The van der Waals surface area contributed by atoms with E-state index in [1.807, 2.05) is 13.8 Å². The van der Waals surface area contributed by atoms with E-state index in [0.717, 1.165) is 12.3 Å². The fourth-order valence-electron chi connectivity index (χ4n) is 0.695. The summed E-state index contributed by atoms with van der Waals surface area (Å²) >= 11 is 0. The Morgan fingerprint density at radius 3 is 2.83 bits per heavy atom. The summed E-state index contributed by atoms with van der Waals surface area (Å²) in [5, 5.41) is 11.5. The first-order valence-corrected chi connectivity index (χ1v) is 5.64. The third-order valence-corrected chi connectivity index (χ3v) is 2.80. The van der Waals surface area contributed by atoms with E-state index >= 15 is 0 Å². The molecule has 0 radical (unpaired) electrons. The minimum absolute atomic E-state index is 0.0417. The van der Waals surface area contributed by atoms with Gasteiger partial charge in [-0.15, -0.1) is 0 Å². The van der Waals surface area contributed by atoms with Crippen LogP contribution in [0.2, 0.25) is 0 Å². The van der Waals surface area contributed by atoms with Crippen molar-refractivity contribution in [2.75, 3.05) is 24.6 Å². The number of hydrogen-bond acceptors (Lipinski definition) is 3. The first-order valence-electron chi connectivity index (χ1n) is 4.16. The molecule has 0 rings (SSSR count). The topological polar surface area (TPSA) is 52.9 Å². The molecule has 2 atom stereocenters. The molecule has 0 spiro atoms. The molecular formula is C8H16N2OS. The predicted octanol–water partition coefficient (Wildman–Crippen LogP) is 0.504. The molecule has 0 fully saturated rings. The van der Waals surface area contributed by atoms with E-state index in [1.54, 1.807) is 0 Å². The molecule has 0 aromatic carbocycles. The van der Waals surface area contributed by atoms with Gasteiger partial charge in [0.2, 0.25) is 0 Å². The quantitative estimate of drug-likeness (QED) is 0.618. The van der Waals surface area contributed by atoms with E-state index in [2.05, 4.69) is 11.4 Å². The molecule has 0 saturated heterocycles. The van der Waals surface area contributed by atoms with Gasteiger partial charge in [-0.2, -0.15) is 5.26 Å². The molecule has 12 heavy (non-hydrogen) atoms. The van der Waals surface area contributed by atoms with Crippen LogP contribution in [-0.4, -0.2) is 28.8 Å². The maximum Gasteiger partial charge on any atom is 0.0666 e. The Morgan fingerprint density at radius 1 is 1.67 bits per heavy atom. The smallest absolute Gasteiger partial charge is 0.0666 e. The Morgan fingerprint density at radius 2 is 2.33 bits per heavy atom. The minimum atomic E-state index is -0.689. The van der Waals surface area contributed by atoms with Gasteiger partial charge in [-0.1, -0.05) is 6.92 Å². The van der Waals surface area contributed by atoms with Crippen molar-refractivity contribution in [3.8, 4) is 6.07 Å². The fraction of sp³-hybridized carbons (Fsp3) is 0.875. The Labute approximate surface area is 76.6 Å². The zero-order valence-electron chi connectivity index (χ0n) is 7.67. The lowest BCUT2D eigenvalue weighted by atomic mass is 10.2. The van der Waals surface area contributed by atoms with Crippen molar-refractivity contribution >= 4 is 10.8 Å². The summed E-state index contributed by atoms with van der Waals surface area (Å²) in [6.07, 6.45) is 0. The standard InChI is InChI=1S/C8H16N2OS/c1-3-12(11)5-4-10-7-8(2)6-9/h8,10H,3-5,7H2,1-2H3. The summed E-state index contributed by atoms with van der Waals surface area (Å²) in [5.41, 5.74) is 0. The molecule has 3 nitrogen and oxygen atoms in total. The molecule has 2 unspecified atom stereocenters. The first-order chi connectivity index (χ1) is 5.70. The van der Waals surface area contributed by atoms with Crippen LogP contribution >= 0.6 is 0 Å². The van der Waals surface area contributed by atoms with Gasteiger partial charge in [-0.25, -0.2) is 0 Å². The SMILES string of the molecule is CCS(=O)CCNCC(C)C#N. The summed E-state index contributed by atoms with van der Waals surface area (Å²) in [7, 11) is -0.689. The monoisotopic (exact) mass is 188 g/mol. The normalized spacial score (nSPS) is 15.1. The highest BCUT2D eigenvalue weighted by Crippen LogP contribution is 1.87. The number of nitriles is 1. The lowest BCUT2D eigenvalue weighted by Gasteiger charge is -2.04. The van der Waals surface area contributed by atoms with E-state index in [-0.39, 0.29) is 5.92 Å². The van der Waals surface area contributed by atoms with Gasteiger partial charge in [0.05, 0.1) is 12.0 Å². The Hall–Kier alpha value is -0.400. The van der Waals surface area contributed by atoms with Crippen molar-refractivity contribution in [2.45, 2.75) is 13.8 Å². The van der Waals surface area contributed by atoms with Gasteiger partial charge in [0.25, 0.3) is 0 Å². The average molecular weight is 188 g/mol. The van der Waals surface area contributed by atoms with Gasteiger partial charge in [0, 0.05) is 35.4 Å². The van der Waals surface area contributed by atoms with Crippen molar-refractivity contribution in [3.05, 3.63) is 0 Å². The summed E-state index contributed by atoms with van der Waals surface area (Å²) in [5.74, 6) is 1.45. The number of hydrogen-bond donors (Lipinski definition) is 1. The molecule has 70 valence electrons. The second-order valence-corrected chi connectivity index (χ2v) is 4.53. The molecular weight excluding hydrogens is 172 g/mol. The van der Waals surface area contributed by atoms with Crippen LogP contribution in [-0.2, 0) is 10.8 Å². The number of nitrogens with one attached hydrogen (secondary N) is 1. The fourth-order valence-corrected chi connectivity index (χ4v) is 1.36. The van der Waals surface area contributed by atoms with Crippen molar-refractivity contribution < 1.29 is 4.21 Å². The van der Waals surface area contributed by atoms with Gasteiger partial charge < -0.3 is 5.32 Å². The highest BCUT2D eigenvalue weighted by molar-refractivity contribution is 7.84. The predicted molar refractivity (Wildman–Crippen MR) is 51.2 cm³/mol. The van der Waals surface area contributed by atoms with Crippen LogP contribution in [0.1, 0.15) is 13.8 Å². The molecule has 1 N–H and O–H groups in total. The van der Waals surface area contributed by atoms with Crippen LogP contribution < -0.4 is 5.32 Å². The molecule has 0 aliphatic carbocycles. The summed E-state index contributed by atoms with van der Waals surface area (Å²) < 4.78 is 10.9. The average Bonchev–Trinajstić information content (AvgIpc) is 2.11. The highest BCUT2D eigenvalue weighted by Gasteiger charge is 1.98. The molecule has 0 heterocycles. The zero-order valence-corrected chi connectivity index (χ0v) is 8.49. The van der Waals surface area contributed by atoms with E-state index < -0.39 is 10.8 Å². The van der Waals surface area contributed by atoms with E-state index in [4.69, 9.17) is 5.26 Å². The van der Waals surface area contributed by atoms with Crippen LogP contribution in [0.4, 0.5) is 0 Å². The Balaban J connectivity index is 3.23. The van der Waals surface area contributed by atoms with Crippen molar-refractivity contribution in [3.63, 3.8) is 0 Å². The van der Waals surface area contributed by atoms with Crippen molar-refractivity contribution in [1.29, 1.82) is 5.26 Å². The summed E-state index contributed by atoms with van der Waals surface area (Å²) in [6.45, 7) is 5.21. The van der Waals surface area contributed by atoms with E-state index in [1.165, 1.54) is 0 Å². The molecule has 0 aromatic heterocycles. The molecule has 0 aliphatic heterocycles. The molecule has 0 aliphatic rings. The largest absolute Gasteiger partial charge is 0.315 e. The van der Waals surface area contributed by atoms with Gasteiger partial charge in [-0.3, -0.25) is 4.21 Å². The Bertz CT molecular complexity index is 176. The van der Waals surface area contributed by atoms with Gasteiger partial charge >= 0.3 is 0 Å². The molecule has 4 heteroatoms. The first kappa shape index (κ1) is 11.6. The van der Waals surface area contributed by atoms with Gasteiger partial charge in [0.15, 0.2) is 0 Å². The zero-order chi connectivity index (χ0) is 9.40. The van der Waals surface area contributed by atoms with E-state index in [9.17, 15) is 4.21 Å². The second kappa shape index (κ2) is 7.26. The van der Waals surface area contributed by atoms with E-state index in [0.29, 0.717) is 12.3 Å². The van der Waals surface area contributed by atoms with Crippen LogP contribution in [0.25, 0.3) is 0 Å². The van der Waals surface area contributed by atoms with Crippen LogP contribution in [0.3, 0.4) is 0 Å². The van der Waals surface area contributed by atoms with Crippen LogP contribution in [0, 0.1) is 17.2 Å². The van der Waals surface area contributed by atoms with Crippen LogP contribution in [0.15, 0.2) is 0 Å². The maximum absolute atomic E-state index is 10.9. The molecule has 0 amide bonds. The third kappa shape index (κ3) is 6.32. The molecule has 0 bridgehead atoms. The number of nitrogens with zero attached hydrogens (tertiary/aromatic N) is 1. The number of rotatable bonds is 6. The maximum atomic E-state index is 10.9. The Kier molecular flexibility index (Phi) is 7.02. The van der Waals surface area contributed by atoms with Gasteiger partial charge in [-0.05, 0) is 6.92 Å². The summed E-state index contributed by atoms with van der Waals surface area (Å²) in [4.78, 5) is 0. The highest BCUT2D eigenvalue weighted by atomic mass is 32.2.